The summed E-state index contributed by atoms with van der Waals surface area (Å²) in [5, 5.41) is 0. The van der Waals surface area contributed by atoms with Gasteiger partial charge in [0.25, 0.3) is 0 Å². The van der Waals surface area contributed by atoms with E-state index >= 15 is 0 Å². The zero-order chi connectivity index (χ0) is 5.82. The van der Waals surface area contributed by atoms with Crippen LogP contribution in [0.25, 0.3) is 0 Å². The van der Waals surface area contributed by atoms with Crippen LogP contribution in [-0.4, -0.2) is 0 Å². The number of hydrogen-bond acceptors (Lipinski definition) is 0. The Balaban J connectivity index is 2.44. The summed E-state index contributed by atoms with van der Waals surface area (Å²) in [6, 6.07) is 0. The summed E-state index contributed by atoms with van der Waals surface area (Å²) in [5.74, 6) is 0. The van der Waals surface area contributed by atoms with Gasteiger partial charge in [0.1, 0.15) is 0 Å². The average Bonchev–Trinajstić information content (AvgIpc) is 2.19. The molecule has 0 saturated heterocycles. The second-order valence-electron chi connectivity index (χ2n) is 2.27. The van der Waals surface area contributed by atoms with Crippen LogP contribution in [0.2, 0.25) is 0 Å². The average molecular weight is 108 g/mol. The molecule has 0 amide bonds. The smallest absolute Gasteiger partial charge is 0.0317 e. The number of hydrogen-bond donors (Lipinski definition) is 0. The van der Waals surface area contributed by atoms with Crippen LogP contribution in [0, 0.1) is 0 Å². The molecule has 0 aromatic heterocycles. The first-order valence-electron chi connectivity index (χ1n) is 3.24. The Morgan fingerprint density at radius 2 is 1.88 bits per heavy atom. The Morgan fingerprint density at radius 1 is 1.25 bits per heavy atom. The third kappa shape index (κ3) is 1.22. The van der Waals surface area contributed by atoms with Crippen molar-refractivity contribution < 1.29 is 0 Å². The highest BCUT2D eigenvalue weighted by molar-refractivity contribution is 5.12. The van der Waals surface area contributed by atoms with E-state index in [0.29, 0.717) is 0 Å². The normalized spacial score (nSPS) is 18.8. The monoisotopic (exact) mass is 108 g/mol. The first-order chi connectivity index (χ1) is 3.93. The first kappa shape index (κ1) is 5.61. The van der Waals surface area contributed by atoms with Gasteiger partial charge in [-0.1, -0.05) is 24.3 Å². The van der Waals surface area contributed by atoms with Crippen molar-refractivity contribution in [2.75, 3.05) is 0 Å². The molecule has 0 aromatic rings. The van der Waals surface area contributed by atoms with Gasteiger partial charge in [0.15, 0.2) is 0 Å². The van der Waals surface area contributed by atoms with Crippen molar-refractivity contribution in [2.45, 2.75) is 25.7 Å². The van der Waals surface area contributed by atoms with Gasteiger partial charge in [0.2, 0.25) is 0 Å². The molecule has 0 heterocycles. The molecule has 1 aliphatic rings. The van der Waals surface area contributed by atoms with Crippen molar-refractivity contribution in [1.82, 2.24) is 0 Å². The molecule has 1 rings (SSSR count). The molecule has 0 aliphatic heterocycles. The lowest BCUT2D eigenvalue weighted by Crippen LogP contribution is -1.66. The van der Waals surface area contributed by atoms with Gasteiger partial charge < -0.3 is 0 Å². The summed E-state index contributed by atoms with van der Waals surface area (Å²) in [6.45, 7) is 3.65. The van der Waals surface area contributed by atoms with Crippen LogP contribution in [0.15, 0.2) is 24.3 Å². The maximum absolute atomic E-state index is 3.65. The van der Waals surface area contributed by atoms with Gasteiger partial charge in [-0.2, -0.15) is 0 Å². The van der Waals surface area contributed by atoms with E-state index in [2.05, 4.69) is 12.7 Å². The van der Waals surface area contributed by atoms with Gasteiger partial charge in [0, 0.05) is 0 Å². The summed E-state index contributed by atoms with van der Waals surface area (Å²) >= 11 is 0. The molecular weight excluding hydrogens is 96.1 g/mol. The maximum Gasteiger partial charge on any atom is -0.0317 e. The quantitative estimate of drug-likeness (QED) is 0.484. The Bertz CT molecular complexity index is 101. The van der Waals surface area contributed by atoms with E-state index in [1.165, 1.54) is 25.7 Å². The fraction of sp³-hybridized carbons (Fsp3) is 0.500. The van der Waals surface area contributed by atoms with E-state index in [1.807, 2.05) is 6.08 Å². The molecule has 0 atom stereocenters. The van der Waals surface area contributed by atoms with Gasteiger partial charge >= 0.3 is 0 Å². The highest BCUT2D eigenvalue weighted by Crippen LogP contribution is 2.23. The molecule has 0 radical (unpaired) electrons. The summed E-state index contributed by atoms with van der Waals surface area (Å²) < 4.78 is 0. The molecule has 1 aliphatic carbocycles. The standard InChI is InChI=1S/C8H12/c1-2-5-8-6-3-4-7-8/h2,5H,1,3-4,6-7H2. The molecular formula is C8H12. The lowest BCUT2D eigenvalue weighted by Gasteiger charge is -1.86. The SMILES string of the molecule is C=CC=C1CCCC1. The molecule has 1 fully saturated rings. The summed E-state index contributed by atoms with van der Waals surface area (Å²) in [5.41, 5.74) is 1.58. The summed E-state index contributed by atoms with van der Waals surface area (Å²) in [4.78, 5) is 0. The zero-order valence-electron chi connectivity index (χ0n) is 5.19. The van der Waals surface area contributed by atoms with Gasteiger partial charge in [-0.15, -0.1) is 0 Å². The van der Waals surface area contributed by atoms with E-state index < -0.39 is 0 Å². The Labute approximate surface area is 50.9 Å². The topological polar surface area (TPSA) is 0 Å². The predicted molar refractivity (Wildman–Crippen MR) is 36.7 cm³/mol. The van der Waals surface area contributed by atoms with Crippen LogP contribution < -0.4 is 0 Å². The Hall–Kier alpha value is -0.520. The van der Waals surface area contributed by atoms with Crippen LogP contribution in [0.4, 0.5) is 0 Å². The van der Waals surface area contributed by atoms with Gasteiger partial charge in [0.05, 0.1) is 0 Å². The largest absolute Gasteiger partial charge is 0.0991 e. The van der Waals surface area contributed by atoms with Gasteiger partial charge in [-0.05, 0) is 25.7 Å². The molecule has 0 spiro atoms. The van der Waals surface area contributed by atoms with E-state index in [9.17, 15) is 0 Å². The summed E-state index contributed by atoms with van der Waals surface area (Å²) in [7, 11) is 0. The second kappa shape index (κ2) is 2.71. The van der Waals surface area contributed by atoms with Crippen LogP contribution in [0.5, 0.6) is 0 Å². The van der Waals surface area contributed by atoms with E-state index in [4.69, 9.17) is 0 Å². The molecule has 0 nitrogen and oxygen atoms in total. The minimum atomic E-state index is 1.31. The third-order valence-electron chi connectivity index (χ3n) is 1.60. The second-order valence-corrected chi connectivity index (χ2v) is 2.27. The first-order valence-corrected chi connectivity index (χ1v) is 3.24. The zero-order valence-corrected chi connectivity index (χ0v) is 5.19. The van der Waals surface area contributed by atoms with Crippen molar-refractivity contribution >= 4 is 0 Å². The van der Waals surface area contributed by atoms with Gasteiger partial charge in [-0.3, -0.25) is 0 Å². The highest BCUT2D eigenvalue weighted by Gasteiger charge is 2.03. The molecule has 0 unspecified atom stereocenters. The predicted octanol–water partition coefficient (Wildman–Crippen LogP) is 2.67. The molecule has 0 heteroatoms. The minimum absolute atomic E-state index is 1.31. The van der Waals surface area contributed by atoms with Crippen LogP contribution in [0.3, 0.4) is 0 Å². The third-order valence-corrected chi connectivity index (χ3v) is 1.60. The molecule has 0 aromatic carbocycles. The lowest BCUT2D eigenvalue weighted by atomic mass is 10.2. The van der Waals surface area contributed by atoms with Crippen LogP contribution >= 0.6 is 0 Å². The fourth-order valence-corrected chi connectivity index (χ4v) is 1.16. The molecule has 44 valence electrons. The van der Waals surface area contributed by atoms with E-state index in [-0.39, 0.29) is 0 Å². The fourth-order valence-electron chi connectivity index (χ4n) is 1.16. The van der Waals surface area contributed by atoms with Crippen molar-refractivity contribution in [3.8, 4) is 0 Å². The minimum Gasteiger partial charge on any atom is -0.0991 e. The molecule has 0 N–H and O–H groups in total. The van der Waals surface area contributed by atoms with Gasteiger partial charge in [-0.25, -0.2) is 0 Å². The number of rotatable bonds is 1. The number of allylic oxidation sites excluding steroid dienone is 3. The van der Waals surface area contributed by atoms with E-state index in [1.54, 1.807) is 5.57 Å². The maximum atomic E-state index is 3.65. The summed E-state index contributed by atoms with van der Waals surface area (Å²) in [6.07, 6.45) is 9.44. The van der Waals surface area contributed by atoms with E-state index in [0.717, 1.165) is 0 Å². The van der Waals surface area contributed by atoms with Crippen LogP contribution in [-0.2, 0) is 0 Å². The van der Waals surface area contributed by atoms with Crippen molar-refractivity contribution in [3.05, 3.63) is 24.3 Å². The van der Waals surface area contributed by atoms with Crippen molar-refractivity contribution in [3.63, 3.8) is 0 Å². The molecule has 1 saturated carbocycles. The van der Waals surface area contributed by atoms with Crippen LogP contribution in [0.1, 0.15) is 25.7 Å². The molecule has 8 heavy (non-hydrogen) atoms. The Kier molecular flexibility index (Phi) is 1.90. The van der Waals surface area contributed by atoms with Crippen molar-refractivity contribution in [1.29, 1.82) is 0 Å². The lowest BCUT2D eigenvalue weighted by molar-refractivity contribution is 0.886. The molecule has 0 bridgehead atoms. The highest BCUT2D eigenvalue weighted by atomic mass is 14.1. The Morgan fingerprint density at radius 3 is 2.38 bits per heavy atom. The van der Waals surface area contributed by atoms with Crippen molar-refractivity contribution in [2.24, 2.45) is 0 Å².